The number of pyridine rings is 1. The fraction of sp³-hybridized carbons (Fsp3) is 0.235. The zero-order valence-corrected chi connectivity index (χ0v) is 13.2. The summed E-state index contributed by atoms with van der Waals surface area (Å²) in [5.41, 5.74) is -3.59. The normalized spacial score (nSPS) is 25.9. The Morgan fingerprint density at radius 2 is 1.85 bits per heavy atom. The molecule has 2 heterocycles. The average Bonchev–Trinajstić information content (AvgIpc) is 2.61. The number of nitrogens with one attached hydrogen (secondary N) is 2. The highest BCUT2D eigenvalue weighted by atomic mass is 19.4. The number of nitrogens with zero attached hydrogens (tertiary/aromatic N) is 1. The molecule has 9 heteroatoms. The highest BCUT2D eigenvalue weighted by Crippen LogP contribution is 2.43. The molecule has 6 nitrogen and oxygen atoms in total. The van der Waals surface area contributed by atoms with Gasteiger partial charge in [0.25, 0.3) is 0 Å². The molecule has 2 aromatic rings. The number of carbonyl (C=O) groups is 2. The number of aliphatic hydroxyl groups is 1. The maximum atomic E-state index is 13.7. The maximum Gasteiger partial charge on any atom is 0.437 e. The van der Waals surface area contributed by atoms with Gasteiger partial charge < -0.3 is 15.7 Å². The van der Waals surface area contributed by atoms with E-state index in [1.807, 2.05) is 0 Å². The van der Waals surface area contributed by atoms with Crippen molar-refractivity contribution in [3.8, 4) is 0 Å². The van der Waals surface area contributed by atoms with Crippen LogP contribution in [-0.2, 0) is 0 Å². The lowest BCUT2D eigenvalue weighted by Crippen LogP contribution is -2.72. The van der Waals surface area contributed by atoms with Crippen molar-refractivity contribution < 1.29 is 27.9 Å². The van der Waals surface area contributed by atoms with Gasteiger partial charge in [-0.15, -0.1) is 0 Å². The number of alkyl halides is 3. The van der Waals surface area contributed by atoms with E-state index >= 15 is 0 Å². The smallest absolute Gasteiger partial charge is 0.363 e. The summed E-state index contributed by atoms with van der Waals surface area (Å²) in [7, 11) is 0. The van der Waals surface area contributed by atoms with Crippen LogP contribution < -0.4 is 10.6 Å². The van der Waals surface area contributed by atoms with Crippen molar-refractivity contribution in [1.82, 2.24) is 15.6 Å². The molecule has 3 rings (SSSR count). The lowest BCUT2D eigenvalue weighted by Gasteiger charge is -2.45. The SMILES string of the molecule is O=C1N[C@H](c2ccccc2)[C@H](C(=O)c2cccnc2)[C@](O)(C(F)(F)F)N1. The van der Waals surface area contributed by atoms with E-state index in [0.717, 1.165) is 6.20 Å². The van der Waals surface area contributed by atoms with Crippen molar-refractivity contribution in [3.63, 3.8) is 0 Å². The van der Waals surface area contributed by atoms with E-state index in [1.165, 1.54) is 35.8 Å². The van der Waals surface area contributed by atoms with Crippen LogP contribution in [0.1, 0.15) is 22.0 Å². The predicted molar refractivity (Wildman–Crippen MR) is 83.9 cm³/mol. The lowest BCUT2D eigenvalue weighted by atomic mass is 9.77. The lowest BCUT2D eigenvalue weighted by molar-refractivity contribution is -0.287. The molecular weight excluding hydrogens is 351 g/mol. The van der Waals surface area contributed by atoms with Gasteiger partial charge in [-0.1, -0.05) is 30.3 Å². The first-order valence-corrected chi connectivity index (χ1v) is 7.61. The number of urea groups is 1. The van der Waals surface area contributed by atoms with Crippen molar-refractivity contribution in [3.05, 3.63) is 66.0 Å². The fourth-order valence-corrected chi connectivity index (χ4v) is 2.97. The van der Waals surface area contributed by atoms with Crippen LogP contribution in [0.25, 0.3) is 0 Å². The molecule has 0 saturated carbocycles. The first kappa shape index (κ1) is 17.9. The minimum atomic E-state index is -5.28. The van der Waals surface area contributed by atoms with Gasteiger partial charge in [-0.2, -0.15) is 13.2 Å². The first-order valence-electron chi connectivity index (χ1n) is 7.61. The van der Waals surface area contributed by atoms with Gasteiger partial charge in [0.1, 0.15) is 5.92 Å². The third kappa shape index (κ3) is 3.01. The van der Waals surface area contributed by atoms with Gasteiger partial charge in [-0.3, -0.25) is 9.78 Å². The predicted octanol–water partition coefficient (Wildman–Crippen LogP) is 2.19. The van der Waals surface area contributed by atoms with E-state index in [0.29, 0.717) is 0 Å². The molecule has 0 aliphatic carbocycles. The Morgan fingerprint density at radius 1 is 1.15 bits per heavy atom. The Kier molecular flexibility index (Phi) is 4.41. The van der Waals surface area contributed by atoms with Gasteiger partial charge in [-0.25, -0.2) is 4.79 Å². The summed E-state index contributed by atoms with van der Waals surface area (Å²) in [6.45, 7) is 0. The van der Waals surface area contributed by atoms with Gasteiger partial charge in [0.2, 0.25) is 5.72 Å². The molecule has 0 spiro atoms. The number of ketones is 1. The van der Waals surface area contributed by atoms with Crippen molar-refractivity contribution in [1.29, 1.82) is 0 Å². The number of amides is 2. The molecular formula is C17H14F3N3O3. The second kappa shape index (κ2) is 6.41. The van der Waals surface area contributed by atoms with E-state index in [4.69, 9.17) is 0 Å². The van der Waals surface area contributed by atoms with E-state index < -0.39 is 35.7 Å². The number of benzene rings is 1. The standard InChI is InChI=1S/C17H14F3N3O3/c18-17(19,20)16(26)12(14(24)11-7-4-8-21-9-11)13(22-15(25)23-16)10-5-2-1-3-6-10/h1-9,12-13,26H,(H2,22,23,25)/t12-,13-,16+/m1/s1. The van der Waals surface area contributed by atoms with E-state index in [2.05, 4.69) is 10.3 Å². The second-order valence-electron chi connectivity index (χ2n) is 5.83. The van der Waals surface area contributed by atoms with Crippen LogP contribution in [-0.4, -0.2) is 33.8 Å². The number of hydrogen-bond donors (Lipinski definition) is 3. The summed E-state index contributed by atoms with van der Waals surface area (Å²) in [6.07, 6.45) is -2.81. The Balaban J connectivity index is 2.15. The van der Waals surface area contributed by atoms with Gasteiger partial charge in [0, 0.05) is 18.0 Å². The van der Waals surface area contributed by atoms with Crippen LogP contribution in [0.2, 0.25) is 0 Å². The zero-order chi connectivity index (χ0) is 18.9. The van der Waals surface area contributed by atoms with Gasteiger partial charge in [0.15, 0.2) is 5.78 Å². The summed E-state index contributed by atoms with van der Waals surface area (Å²) in [6, 6.07) is 7.77. The first-order chi connectivity index (χ1) is 12.2. The topological polar surface area (TPSA) is 91.3 Å². The Hall–Kier alpha value is -2.94. The largest absolute Gasteiger partial charge is 0.437 e. The third-order valence-electron chi connectivity index (χ3n) is 4.19. The van der Waals surface area contributed by atoms with E-state index in [9.17, 15) is 27.9 Å². The molecule has 3 atom stereocenters. The highest BCUT2D eigenvalue weighted by molar-refractivity contribution is 6.00. The van der Waals surface area contributed by atoms with Crippen molar-refractivity contribution in [2.24, 2.45) is 5.92 Å². The number of Topliss-reactive ketones (excluding diaryl/α,β-unsaturated/α-hetero) is 1. The molecule has 136 valence electrons. The third-order valence-corrected chi connectivity index (χ3v) is 4.19. The van der Waals surface area contributed by atoms with Crippen molar-refractivity contribution >= 4 is 11.8 Å². The number of aromatic nitrogens is 1. The van der Waals surface area contributed by atoms with E-state index in [-0.39, 0.29) is 11.1 Å². The van der Waals surface area contributed by atoms with Crippen LogP contribution in [0.3, 0.4) is 0 Å². The molecule has 0 unspecified atom stereocenters. The minimum absolute atomic E-state index is 0.112. The molecule has 1 aromatic heterocycles. The molecule has 2 amide bonds. The Morgan fingerprint density at radius 3 is 2.42 bits per heavy atom. The summed E-state index contributed by atoms with van der Waals surface area (Å²) in [5, 5.41) is 14.1. The summed E-state index contributed by atoms with van der Waals surface area (Å²) in [5.74, 6) is -3.05. The summed E-state index contributed by atoms with van der Waals surface area (Å²) in [4.78, 5) is 28.4. The molecule has 1 saturated heterocycles. The van der Waals surface area contributed by atoms with Crippen LogP contribution in [0, 0.1) is 5.92 Å². The second-order valence-corrected chi connectivity index (χ2v) is 5.83. The van der Waals surface area contributed by atoms with Gasteiger partial charge in [0.05, 0.1) is 6.04 Å². The number of halogens is 3. The van der Waals surface area contributed by atoms with Crippen molar-refractivity contribution in [2.75, 3.05) is 0 Å². The summed E-state index contributed by atoms with van der Waals surface area (Å²) < 4.78 is 41.0. The van der Waals surface area contributed by atoms with Gasteiger partial charge >= 0.3 is 12.2 Å². The molecule has 1 fully saturated rings. The zero-order valence-electron chi connectivity index (χ0n) is 13.2. The van der Waals surface area contributed by atoms with Crippen molar-refractivity contribution in [2.45, 2.75) is 17.9 Å². The molecule has 3 N–H and O–H groups in total. The molecule has 1 aliphatic heterocycles. The monoisotopic (exact) mass is 365 g/mol. The Labute approximate surface area is 146 Å². The Bertz CT molecular complexity index is 814. The van der Waals surface area contributed by atoms with Crippen LogP contribution in [0.5, 0.6) is 0 Å². The fourth-order valence-electron chi connectivity index (χ4n) is 2.97. The molecule has 26 heavy (non-hydrogen) atoms. The van der Waals surface area contributed by atoms with Crippen LogP contribution in [0.15, 0.2) is 54.9 Å². The highest BCUT2D eigenvalue weighted by Gasteiger charge is 2.66. The number of hydrogen-bond acceptors (Lipinski definition) is 4. The molecule has 0 bridgehead atoms. The quantitative estimate of drug-likeness (QED) is 0.727. The number of carbonyl (C=O) groups excluding carboxylic acids is 2. The van der Waals surface area contributed by atoms with E-state index in [1.54, 1.807) is 18.2 Å². The average molecular weight is 365 g/mol. The van der Waals surface area contributed by atoms with Crippen LogP contribution >= 0.6 is 0 Å². The molecule has 1 aliphatic rings. The number of rotatable bonds is 3. The summed E-state index contributed by atoms with van der Waals surface area (Å²) >= 11 is 0. The minimum Gasteiger partial charge on any atom is -0.363 e. The molecule has 0 radical (unpaired) electrons. The van der Waals surface area contributed by atoms with Gasteiger partial charge in [-0.05, 0) is 17.7 Å². The van der Waals surface area contributed by atoms with Crippen LogP contribution in [0.4, 0.5) is 18.0 Å². The molecule has 1 aromatic carbocycles. The maximum absolute atomic E-state index is 13.7.